The van der Waals surface area contributed by atoms with Crippen molar-refractivity contribution >= 4 is 17.4 Å². The standard InChI is InChI=1S/C20H18F2N4O/c1-26(11-7-14-4-8-23-9-5-14)20(27)15-6-10-24-19(12-15)25-18-3-2-16(21)13-17(18)22/h2-6,8-10,12-13H,7,11H2,1H3,(H,24,25). The Morgan fingerprint density at radius 2 is 1.85 bits per heavy atom. The fraction of sp³-hybridized carbons (Fsp3) is 0.150. The number of rotatable bonds is 6. The van der Waals surface area contributed by atoms with Crippen LogP contribution in [0.5, 0.6) is 0 Å². The molecule has 27 heavy (non-hydrogen) atoms. The summed E-state index contributed by atoms with van der Waals surface area (Å²) in [6, 6.07) is 10.2. The minimum absolute atomic E-state index is 0.0829. The Morgan fingerprint density at radius 1 is 1.07 bits per heavy atom. The zero-order valence-electron chi connectivity index (χ0n) is 14.7. The lowest BCUT2D eigenvalue weighted by molar-refractivity contribution is 0.0796. The van der Waals surface area contributed by atoms with Gasteiger partial charge in [-0.05, 0) is 48.4 Å². The molecule has 5 nitrogen and oxygen atoms in total. The highest BCUT2D eigenvalue weighted by molar-refractivity contribution is 5.94. The minimum Gasteiger partial charge on any atom is -0.341 e. The van der Waals surface area contributed by atoms with E-state index in [9.17, 15) is 13.6 Å². The normalized spacial score (nSPS) is 10.5. The van der Waals surface area contributed by atoms with Gasteiger partial charge >= 0.3 is 0 Å². The average molecular weight is 368 g/mol. The molecule has 3 rings (SSSR count). The first-order chi connectivity index (χ1) is 13.0. The van der Waals surface area contributed by atoms with Gasteiger partial charge in [0.15, 0.2) is 0 Å². The summed E-state index contributed by atoms with van der Waals surface area (Å²) in [7, 11) is 1.72. The van der Waals surface area contributed by atoms with Gasteiger partial charge in [0, 0.05) is 43.8 Å². The van der Waals surface area contributed by atoms with E-state index in [0.29, 0.717) is 24.3 Å². The molecule has 0 bridgehead atoms. The van der Waals surface area contributed by atoms with E-state index in [-0.39, 0.29) is 11.6 Å². The second kappa shape index (κ2) is 8.35. The fourth-order valence-electron chi connectivity index (χ4n) is 2.53. The van der Waals surface area contributed by atoms with E-state index in [4.69, 9.17) is 0 Å². The third-order valence-corrected chi connectivity index (χ3v) is 4.03. The van der Waals surface area contributed by atoms with Crippen LogP contribution in [-0.2, 0) is 6.42 Å². The van der Waals surface area contributed by atoms with Crippen LogP contribution in [0, 0.1) is 11.6 Å². The van der Waals surface area contributed by atoms with E-state index in [2.05, 4.69) is 15.3 Å². The van der Waals surface area contributed by atoms with Crippen LogP contribution in [0.4, 0.5) is 20.3 Å². The highest BCUT2D eigenvalue weighted by atomic mass is 19.1. The number of carbonyl (C=O) groups is 1. The molecule has 1 aromatic carbocycles. The second-order valence-electron chi connectivity index (χ2n) is 6.01. The molecule has 1 amide bonds. The van der Waals surface area contributed by atoms with Crippen molar-refractivity contribution in [2.45, 2.75) is 6.42 Å². The van der Waals surface area contributed by atoms with Crippen molar-refractivity contribution in [3.8, 4) is 0 Å². The number of hydrogen-bond donors (Lipinski definition) is 1. The molecule has 0 atom stereocenters. The van der Waals surface area contributed by atoms with Gasteiger partial charge in [0.1, 0.15) is 17.5 Å². The lowest BCUT2D eigenvalue weighted by Crippen LogP contribution is -2.28. The average Bonchev–Trinajstić information content (AvgIpc) is 2.69. The molecule has 0 saturated carbocycles. The Hall–Kier alpha value is -3.35. The third kappa shape index (κ3) is 4.84. The zero-order chi connectivity index (χ0) is 19.2. The Balaban J connectivity index is 1.67. The first-order valence-electron chi connectivity index (χ1n) is 8.35. The second-order valence-corrected chi connectivity index (χ2v) is 6.01. The molecule has 0 fully saturated rings. The molecule has 0 aliphatic rings. The van der Waals surface area contributed by atoms with E-state index in [1.54, 1.807) is 30.4 Å². The van der Waals surface area contributed by atoms with Crippen LogP contribution >= 0.6 is 0 Å². The quantitative estimate of drug-likeness (QED) is 0.719. The predicted molar refractivity (Wildman–Crippen MR) is 98.8 cm³/mol. The van der Waals surface area contributed by atoms with Crippen LogP contribution in [0.15, 0.2) is 61.1 Å². The number of halogens is 2. The molecule has 0 aliphatic heterocycles. The SMILES string of the molecule is CN(CCc1ccncc1)C(=O)c1ccnc(Nc2ccc(F)cc2F)c1. The van der Waals surface area contributed by atoms with Gasteiger partial charge in [0.05, 0.1) is 5.69 Å². The van der Waals surface area contributed by atoms with Crippen molar-refractivity contribution in [2.75, 3.05) is 18.9 Å². The van der Waals surface area contributed by atoms with Gasteiger partial charge in [-0.15, -0.1) is 0 Å². The summed E-state index contributed by atoms with van der Waals surface area (Å²) in [6.07, 6.45) is 5.61. The summed E-state index contributed by atoms with van der Waals surface area (Å²) in [5.74, 6) is -1.27. The van der Waals surface area contributed by atoms with Gasteiger partial charge in [-0.1, -0.05) is 0 Å². The molecule has 0 saturated heterocycles. The largest absolute Gasteiger partial charge is 0.341 e. The van der Waals surface area contributed by atoms with E-state index >= 15 is 0 Å². The number of pyridine rings is 2. The van der Waals surface area contributed by atoms with Crippen molar-refractivity contribution in [1.82, 2.24) is 14.9 Å². The molecule has 0 spiro atoms. The molecule has 138 valence electrons. The van der Waals surface area contributed by atoms with Crippen LogP contribution < -0.4 is 5.32 Å². The van der Waals surface area contributed by atoms with Crippen molar-refractivity contribution in [3.05, 3.63) is 83.8 Å². The van der Waals surface area contributed by atoms with Crippen molar-refractivity contribution in [1.29, 1.82) is 0 Å². The third-order valence-electron chi connectivity index (χ3n) is 4.03. The Labute approximate surface area is 155 Å². The molecule has 3 aromatic rings. The Bertz CT molecular complexity index is 934. The van der Waals surface area contributed by atoms with Crippen molar-refractivity contribution in [3.63, 3.8) is 0 Å². The van der Waals surface area contributed by atoms with Crippen molar-refractivity contribution in [2.24, 2.45) is 0 Å². The topological polar surface area (TPSA) is 58.1 Å². The molecule has 2 aromatic heterocycles. The molecular weight excluding hydrogens is 350 g/mol. The summed E-state index contributed by atoms with van der Waals surface area (Å²) in [5.41, 5.74) is 1.60. The molecule has 0 radical (unpaired) electrons. The van der Waals surface area contributed by atoms with Gasteiger partial charge in [-0.25, -0.2) is 13.8 Å². The smallest absolute Gasteiger partial charge is 0.253 e. The van der Waals surface area contributed by atoms with E-state index in [1.165, 1.54) is 18.3 Å². The maximum atomic E-state index is 13.8. The highest BCUT2D eigenvalue weighted by Gasteiger charge is 2.13. The maximum Gasteiger partial charge on any atom is 0.253 e. The van der Waals surface area contributed by atoms with E-state index in [1.807, 2.05) is 12.1 Å². The zero-order valence-corrected chi connectivity index (χ0v) is 14.7. The summed E-state index contributed by atoms with van der Waals surface area (Å²) >= 11 is 0. The number of anilines is 2. The van der Waals surface area contributed by atoms with Gasteiger partial charge < -0.3 is 10.2 Å². The number of likely N-dealkylation sites (N-methyl/N-ethyl adjacent to an activating group) is 1. The number of amides is 1. The maximum absolute atomic E-state index is 13.8. The molecule has 1 N–H and O–H groups in total. The van der Waals surface area contributed by atoms with E-state index in [0.717, 1.165) is 17.7 Å². The Morgan fingerprint density at radius 3 is 2.59 bits per heavy atom. The van der Waals surface area contributed by atoms with Gasteiger partial charge in [-0.3, -0.25) is 9.78 Å². The fourth-order valence-corrected chi connectivity index (χ4v) is 2.53. The number of carbonyl (C=O) groups excluding carboxylic acids is 1. The van der Waals surface area contributed by atoms with Crippen LogP contribution in [0.25, 0.3) is 0 Å². The molecule has 0 aliphatic carbocycles. The lowest BCUT2D eigenvalue weighted by atomic mass is 10.2. The summed E-state index contributed by atoms with van der Waals surface area (Å²) < 4.78 is 26.8. The predicted octanol–water partition coefficient (Wildman–Crippen LogP) is 3.81. The number of aromatic nitrogens is 2. The van der Waals surface area contributed by atoms with Crippen LogP contribution in [0.2, 0.25) is 0 Å². The summed E-state index contributed by atoms with van der Waals surface area (Å²) in [5, 5.41) is 2.76. The lowest BCUT2D eigenvalue weighted by Gasteiger charge is -2.17. The summed E-state index contributed by atoms with van der Waals surface area (Å²) in [4.78, 5) is 22.3. The Kier molecular flexibility index (Phi) is 5.71. The first kappa shape index (κ1) is 18.4. The van der Waals surface area contributed by atoms with Gasteiger partial charge in [-0.2, -0.15) is 0 Å². The molecule has 7 heteroatoms. The van der Waals surface area contributed by atoms with Crippen molar-refractivity contribution < 1.29 is 13.6 Å². The first-order valence-corrected chi connectivity index (χ1v) is 8.35. The molecular formula is C20H18F2N4O. The molecule has 0 unspecified atom stereocenters. The number of hydrogen-bond acceptors (Lipinski definition) is 4. The highest BCUT2D eigenvalue weighted by Crippen LogP contribution is 2.20. The van der Waals surface area contributed by atoms with Crippen LogP contribution in [0.1, 0.15) is 15.9 Å². The van der Waals surface area contributed by atoms with Gasteiger partial charge in [0.2, 0.25) is 0 Å². The van der Waals surface area contributed by atoms with E-state index < -0.39 is 11.6 Å². The summed E-state index contributed by atoms with van der Waals surface area (Å²) in [6.45, 7) is 0.542. The minimum atomic E-state index is -0.733. The number of benzene rings is 1. The van der Waals surface area contributed by atoms with Crippen LogP contribution in [-0.4, -0.2) is 34.4 Å². The number of nitrogens with one attached hydrogen (secondary N) is 1. The monoisotopic (exact) mass is 368 g/mol. The number of nitrogens with zero attached hydrogens (tertiary/aromatic N) is 3. The molecule has 2 heterocycles. The van der Waals surface area contributed by atoms with Crippen LogP contribution in [0.3, 0.4) is 0 Å². The van der Waals surface area contributed by atoms with Gasteiger partial charge in [0.25, 0.3) is 5.91 Å².